The highest BCUT2D eigenvalue weighted by atomic mass is 79.9. The summed E-state index contributed by atoms with van der Waals surface area (Å²) < 4.78 is 11.9. The molecule has 2 rings (SSSR count). The van der Waals surface area contributed by atoms with E-state index in [4.69, 9.17) is 9.15 Å². The van der Waals surface area contributed by atoms with E-state index < -0.39 is 0 Å². The Bertz CT molecular complexity index is 636. The van der Waals surface area contributed by atoms with Gasteiger partial charge in [0.1, 0.15) is 0 Å². The molecule has 0 saturated carbocycles. The highest BCUT2D eigenvalue weighted by Gasteiger charge is 2.16. The van der Waals surface area contributed by atoms with E-state index in [9.17, 15) is 4.79 Å². The van der Waals surface area contributed by atoms with Gasteiger partial charge >= 0.3 is 0 Å². The Morgan fingerprint density at radius 2 is 2.16 bits per heavy atom. The first-order chi connectivity index (χ1) is 9.17. The molecular formula is C14H16BrNO3. The Balaban J connectivity index is 2.63. The van der Waals surface area contributed by atoms with Gasteiger partial charge < -0.3 is 9.15 Å². The van der Waals surface area contributed by atoms with Crippen molar-refractivity contribution >= 4 is 27.0 Å². The molecule has 0 atom stereocenters. The lowest BCUT2D eigenvalue weighted by Gasteiger charge is -2.09. The van der Waals surface area contributed by atoms with Gasteiger partial charge in [0.15, 0.2) is 0 Å². The van der Waals surface area contributed by atoms with Crippen molar-refractivity contribution in [2.24, 2.45) is 0 Å². The zero-order valence-corrected chi connectivity index (χ0v) is 12.6. The largest absolute Gasteiger partial charge is 0.465 e. The molecular weight excluding hydrogens is 310 g/mol. The minimum absolute atomic E-state index is 0.0528. The number of halogens is 1. The highest BCUT2D eigenvalue weighted by molar-refractivity contribution is 9.10. The highest BCUT2D eigenvalue weighted by Crippen LogP contribution is 2.23. The lowest BCUT2D eigenvalue weighted by atomic mass is 10.1. The minimum Gasteiger partial charge on any atom is -0.465 e. The molecule has 102 valence electrons. The summed E-state index contributed by atoms with van der Waals surface area (Å²) in [6.07, 6.45) is 3.97. The van der Waals surface area contributed by atoms with Crippen LogP contribution in [0.3, 0.4) is 0 Å². The standard InChI is InChI=1S/C14H16BrNO3/c1-3-5-10-12(17)11-7-9(15)8-16-13(11)19-14(10)18-6-4-2/h7-8H,3-6H2,1-2H3. The Hall–Kier alpha value is -1.36. The Kier molecular flexibility index (Phi) is 4.58. The van der Waals surface area contributed by atoms with Gasteiger partial charge in [-0.05, 0) is 34.8 Å². The summed E-state index contributed by atoms with van der Waals surface area (Å²) in [6, 6.07) is 1.73. The normalized spacial score (nSPS) is 10.9. The second-order valence-electron chi connectivity index (χ2n) is 4.30. The molecule has 5 heteroatoms. The summed E-state index contributed by atoms with van der Waals surface area (Å²) in [5.74, 6) is 0.316. The molecule has 0 fully saturated rings. The third kappa shape index (κ3) is 2.97. The first kappa shape index (κ1) is 14.1. The number of ether oxygens (including phenoxy) is 1. The molecule has 0 unspecified atom stereocenters. The summed E-state index contributed by atoms with van der Waals surface area (Å²) in [5.41, 5.74) is 0.866. The average Bonchev–Trinajstić information content (AvgIpc) is 2.41. The van der Waals surface area contributed by atoms with E-state index in [1.807, 2.05) is 13.8 Å². The number of hydrogen-bond acceptors (Lipinski definition) is 4. The van der Waals surface area contributed by atoms with Crippen molar-refractivity contribution in [1.82, 2.24) is 4.98 Å². The lowest BCUT2D eigenvalue weighted by Crippen LogP contribution is -2.13. The summed E-state index contributed by atoms with van der Waals surface area (Å²) in [4.78, 5) is 16.6. The van der Waals surface area contributed by atoms with Gasteiger partial charge in [0, 0.05) is 10.7 Å². The van der Waals surface area contributed by atoms with Crippen LogP contribution in [0.5, 0.6) is 5.95 Å². The van der Waals surface area contributed by atoms with Crippen molar-refractivity contribution in [3.8, 4) is 5.95 Å². The van der Waals surface area contributed by atoms with E-state index in [0.717, 1.165) is 17.3 Å². The van der Waals surface area contributed by atoms with Crippen LogP contribution in [0.1, 0.15) is 32.3 Å². The third-order valence-corrected chi connectivity index (χ3v) is 3.14. The number of aromatic nitrogens is 1. The van der Waals surface area contributed by atoms with Gasteiger partial charge in [-0.1, -0.05) is 20.3 Å². The number of hydrogen-bond donors (Lipinski definition) is 0. The van der Waals surface area contributed by atoms with Crippen LogP contribution < -0.4 is 10.2 Å². The number of rotatable bonds is 5. The van der Waals surface area contributed by atoms with Crippen molar-refractivity contribution in [2.75, 3.05) is 6.61 Å². The van der Waals surface area contributed by atoms with Gasteiger partial charge in [-0.15, -0.1) is 0 Å². The molecule has 0 amide bonds. The first-order valence-electron chi connectivity index (χ1n) is 6.41. The van der Waals surface area contributed by atoms with Gasteiger partial charge in [0.2, 0.25) is 11.1 Å². The van der Waals surface area contributed by atoms with Crippen LogP contribution in [-0.2, 0) is 6.42 Å². The average molecular weight is 326 g/mol. The molecule has 0 saturated heterocycles. The fraction of sp³-hybridized carbons (Fsp3) is 0.429. The summed E-state index contributed by atoms with van der Waals surface area (Å²) >= 11 is 3.32. The molecule has 0 N–H and O–H groups in total. The van der Waals surface area contributed by atoms with E-state index in [1.54, 1.807) is 12.3 Å². The molecule has 0 aliphatic heterocycles. The fourth-order valence-electron chi connectivity index (χ4n) is 1.85. The minimum atomic E-state index is -0.0528. The van der Waals surface area contributed by atoms with Crippen LogP contribution >= 0.6 is 15.9 Å². The van der Waals surface area contributed by atoms with Crippen molar-refractivity contribution in [3.05, 3.63) is 32.5 Å². The Morgan fingerprint density at radius 1 is 1.37 bits per heavy atom. The first-order valence-corrected chi connectivity index (χ1v) is 7.20. The Labute approximate surface area is 119 Å². The SMILES string of the molecule is CCCOc1oc2ncc(Br)cc2c(=O)c1CCC. The summed E-state index contributed by atoms with van der Waals surface area (Å²) in [5, 5.41) is 0.488. The van der Waals surface area contributed by atoms with Crippen LogP contribution in [0, 0.1) is 0 Å². The van der Waals surface area contributed by atoms with E-state index in [1.165, 1.54) is 0 Å². The molecule has 4 nitrogen and oxygen atoms in total. The van der Waals surface area contributed by atoms with E-state index >= 15 is 0 Å². The molecule has 2 heterocycles. The number of fused-ring (bicyclic) bond motifs is 1. The molecule has 19 heavy (non-hydrogen) atoms. The van der Waals surface area contributed by atoms with Crippen molar-refractivity contribution in [2.45, 2.75) is 33.1 Å². The van der Waals surface area contributed by atoms with Crippen LogP contribution in [0.25, 0.3) is 11.1 Å². The molecule has 2 aromatic heterocycles. The molecule has 0 spiro atoms. The van der Waals surface area contributed by atoms with E-state index in [0.29, 0.717) is 35.6 Å². The molecule has 0 radical (unpaired) electrons. The molecule has 0 aliphatic carbocycles. The quantitative estimate of drug-likeness (QED) is 0.841. The van der Waals surface area contributed by atoms with Gasteiger partial charge in [0.25, 0.3) is 5.95 Å². The van der Waals surface area contributed by atoms with E-state index in [-0.39, 0.29) is 5.43 Å². The van der Waals surface area contributed by atoms with Crippen LogP contribution in [-0.4, -0.2) is 11.6 Å². The Morgan fingerprint density at radius 3 is 2.84 bits per heavy atom. The fourth-order valence-corrected chi connectivity index (χ4v) is 2.18. The van der Waals surface area contributed by atoms with Crippen molar-refractivity contribution in [3.63, 3.8) is 0 Å². The molecule has 2 aromatic rings. The van der Waals surface area contributed by atoms with Gasteiger partial charge in [-0.2, -0.15) is 0 Å². The van der Waals surface area contributed by atoms with Gasteiger partial charge in [-0.25, -0.2) is 4.98 Å². The predicted octanol–water partition coefficient (Wildman–Crippen LogP) is 3.69. The predicted molar refractivity (Wildman–Crippen MR) is 77.8 cm³/mol. The zero-order valence-electron chi connectivity index (χ0n) is 11.0. The monoisotopic (exact) mass is 325 g/mol. The topological polar surface area (TPSA) is 52.3 Å². The second kappa shape index (κ2) is 6.19. The molecule has 0 bridgehead atoms. The number of nitrogens with zero attached hydrogens (tertiary/aromatic N) is 1. The zero-order chi connectivity index (χ0) is 13.8. The van der Waals surface area contributed by atoms with Crippen LogP contribution in [0.2, 0.25) is 0 Å². The second-order valence-corrected chi connectivity index (χ2v) is 5.22. The van der Waals surface area contributed by atoms with Crippen LogP contribution in [0.15, 0.2) is 25.9 Å². The molecule has 0 aromatic carbocycles. The van der Waals surface area contributed by atoms with Gasteiger partial charge in [-0.3, -0.25) is 4.79 Å². The maximum Gasteiger partial charge on any atom is 0.293 e. The lowest BCUT2D eigenvalue weighted by molar-refractivity contribution is 0.240. The summed E-state index contributed by atoms with van der Waals surface area (Å²) in [6.45, 7) is 4.56. The third-order valence-electron chi connectivity index (χ3n) is 2.71. The van der Waals surface area contributed by atoms with Crippen molar-refractivity contribution < 1.29 is 9.15 Å². The molecule has 0 aliphatic rings. The number of pyridine rings is 1. The van der Waals surface area contributed by atoms with Gasteiger partial charge in [0.05, 0.1) is 17.6 Å². The smallest absolute Gasteiger partial charge is 0.293 e. The van der Waals surface area contributed by atoms with Crippen molar-refractivity contribution in [1.29, 1.82) is 0 Å². The maximum atomic E-state index is 12.5. The van der Waals surface area contributed by atoms with Crippen LogP contribution in [0.4, 0.5) is 0 Å². The maximum absolute atomic E-state index is 12.5. The van der Waals surface area contributed by atoms with E-state index in [2.05, 4.69) is 20.9 Å². The summed E-state index contributed by atoms with van der Waals surface area (Å²) in [7, 11) is 0.